The van der Waals surface area contributed by atoms with Gasteiger partial charge in [0.05, 0.1) is 22.0 Å². The fourth-order valence-electron chi connectivity index (χ4n) is 3.05. The molecule has 126 valence electrons. The van der Waals surface area contributed by atoms with Crippen molar-refractivity contribution < 1.29 is 15.0 Å². The molecule has 1 aromatic rings. The van der Waals surface area contributed by atoms with Crippen molar-refractivity contribution in [1.82, 2.24) is 0 Å². The molecule has 1 aliphatic rings. The normalized spacial score (nSPS) is 20.9. The number of benzene rings is 1. The van der Waals surface area contributed by atoms with Crippen LogP contribution in [0.25, 0.3) is 0 Å². The molecule has 0 saturated heterocycles. The Labute approximate surface area is 133 Å². The smallest absolute Gasteiger partial charge is 0.299 e. The van der Waals surface area contributed by atoms with E-state index in [1.54, 1.807) is 0 Å². The molecule has 0 heterocycles. The lowest BCUT2D eigenvalue weighted by molar-refractivity contribution is -0.393. The third-order valence-electron chi connectivity index (χ3n) is 4.32. The van der Waals surface area contributed by atoms with Gasteiger partial charge in [0.1, 0.15) is 5.69 Å². The molecule has 0 spiro atoms. The summed E-state index contributed by atoms with van der Waals surface area (Å²) in [6.45, 7) is 0.530. The van der Waals surface area contributed by atoms with Gasteiger partial charge in [0.2, 0.25) is 0 Å². The minimum Gasteiger partial charge on any atom is -0.393 e. The molecule has 8 heteroatoms. The molecular formula is C15H21N3O5. The molecule has 8 nitrogen and oxygen atoms in total. The van der Waals surface area contributed by atoms with E-state index in [-0.39, 0.29) is 23.2 Å². The van der Waals surface area contributed by atoms with Gasteiger partial charge in [-0.2, -0.15) is 0 Å². The molecule has 23 heavy (non-hydrogen) atoms. The summed E-state index contributed by atoms with van der Waals surface area (Å²) in [4.78, 5) is 20.4. The van der Waals surface area contributed by atoms with Crippen molar-refractivity contribution in [3.63, 3.8) is 0 Å². The van der Waals surface area contributed by atoms with Gasteiger partial charge in [-0.3, -0.25) is 20.2 Å². The summed E-state index contributed by atoms with van der Waals surface area (Å²) in [5.74, 6) is 0.303. The number of nitrogens with zero attached hydrogens (tertiary/aromatic N) is 2. The number of anilines is 1. The van der Waals surface area contributed by atoms with Crippen LogP contribution >= 0.6 is 0 Å². The minimum absolute atomic E-state index is 0.238. The van der Waals surface area contributed by atoms with Crippen molar-refractivity contribution in [2.75, 3.05) is 11.9 Å². The Morgan fingerprint density at radius 1 is 1.17 bits per heavy atom. The monoisotopic (exact) mass is 323 g/mol. The van der Waals surface area contributed by atoms with Crippen LogP contribution in [-0.2, 0) is 0 Å². The highest BCUT2D eigenvalue weighted by atomic mass is 16.6. The standard InChI is InChI=1S/C15H21N3O5/c19-15-6-2-1-4-11(15)5-3-9-16-13-8-7-12(17(20)21)10-14(13)18(22)23/h7-8,10-11,15-16,19H,1-6,9H2. The Bertz CT molecular complexity index is 578. The zero-order valence-electron chi connectivity index (χ0n) is 12.8. The molecule has 2 atom stereocenters. The van der Waals surface area contributed by atoms with E-state index in [0.717, 1.165) is 44.6 Å². The number of hydrogen-bond donors (Lipinski definition) is 2. The molecular weight excluding hydrogens is 302 g/mol. The highest BCUT2D eigenvalue weighted by Crippen LogP contribution is 2.30. The van der Waals surface area contributed by atoms with E-state index < -0.39 is 9.85 Å². The number of nitro groups is 2. The number of hydrogen-bond acceptors (Lipinski definition) is 6. The van der Waals surface area contributed by atoms with E-state index in [1.807, 2.05) is 0 Å². The summed E-state index contributed by atoms with van der Waals surface area (Å²) in [6, 6.07) is 3.58. The van der Waals surface area contributed by atoms with Gasteiger partial charge in [0.25, 0.3) is 11.4 Å². The Balaban J connectivity index is 1.89. The minimum atomic E-state index is -0.652. The van der Waals surface area contributed by atoms with Crippen LogP contribution in [0.2, 0.25) is 0 Å². The summed E-state index contributed by atoms with van der Waals surface area (Å²) in [5.41, 5.74) is -0.311. The largest absolute Gasteiger partial charge is 0.393 e. The van der Waals surface area contributed by atoms with Gasteiger partial charge >= 0.3 is 0 Å². The summed E-state index contributed by atoms with van der Waals surface area (Å²) in [6.07, 6.45) is 5.51. The van der Waals surface area contributed by atoms with Crippen LogP contribution < -0.4 is 5.32 Å². The van der Waals surface area contributed by atoms with E-state index in [4.69, 9.17) is 0 Å². The number of nitro benzene ring substituents is 2. The zero-order valence-corrected chi connectivity index (χ0v) is 12.8. The van der Waals surface area contributed by atoms with E-state index >= 15 is 0 Å². The molecule has 0 radical (unpaired) electrons. The predicted molar refractivity (Wildman–Crippen MR) is 85.4 cm³/mol. The topological polar surface area (TPSA) is 119 Å². The van der Waals surface area contributed by atoms with E-state index in [1.165, 1.54) is 12.1 Å². The van der Waals surface area contributed by atoms with Crippen LogP contribution in [0.4, 0.5) is 17.1 Å². The first kappa shape index (κ1) is 17.1. The van der Waals surface area contributed by atoms with Gasteiger partial charge < -0.3 is 10.4 Å². The maximum atomic E-state index is 11.0. The molecule has 0 bridgehead atoms. The van der Waals surface area contributed by atoms with Gasteiger partial charge in [0.15, 0.2) is 0 Å². The van der Waals surface area contributed by atoms with Crippen molar-refractivity contribution >= 4 is 17.1 Å². The summed E-state index contributed by atoms with van der Waals surface area (Å²) < 4.78 is 0. The van der Waals surface area contributed by atoms with Gasteiger partial charge in [0, 0.05) is 12.6 Å². The van der Waals surface area contributed by atoms with Crippen LogP contribution in [0.3, 0.4) is 0 Å². The third-order valence-corrected chi connectivity index (χ3v) is 4.32. The SMILES string of the molecule is O=[N+]([O-])c1ccc(NCCCC2CCCCC2O)c([N+](=O)[O-])c1. The first-order chi connectivity index (χ1) is 11.0. The number of rotatable bonds is 7. The maximum absolute atomic E-state index is 11.0. The summed E-state index contributed by atoms with van der Waals surface area (Å²) in [7, 11) is 0. The molecule has 0 aliphatic heterocycles. The van der Waals surface area contributed by atoms with Crippen molar-refractivity contribution in [1.29, 1.82) is 0 Å². The Kier molecular flexibility index (Phi) is 5.86. The summed E-state index contributed by atoms with van der Waals surface area (Å²) >= 11 is 0. The van der Waals surface area contributed by atoms with Crippen LogP contribution in [0, 0.1) is 26.1 Å². The molecule has 1 saturated carbocycles. The van der Waals surface area contributed by atoms with Crippen molar-refractivity contribution in [3.05, 3.63) is 38.4 Å². The number of aliphatic hydroxyl groups excluding tert-OH is 1. The predicted octanol–water partition coefficient (Wildman–Crippen LogP) is 3.25. The molecule has 2 rings (SSSR count). The molecule has 0 aromatic heterocycles. The fourth-order valence-corrected chi connectivity index (χ4v) is 3.05. The Morgan fingerprint density at radius 2 is 1.91 bits per heavy atom. The van der Waals surface area contributed by atoms with Crippen LogP contribution in [-0.4, -0.2) is 27.6 Å². The molecule has 2 N–H and O–H groups in total. The van der Waals surface area contributed by atoms with Crippen LogP contribution in [0.1, 0.15) is 38.5 Å². The van der Waals surface area contributed by atoms with Crippen LogP contribution in [0.5, 0.6) is 0 Å². The van der Waals surface area contributed by atoms with E-state index in [2.05, 4.69) is 5.32 Å². The molecule has 1 aromatic carbocycles. The lowest BCUT2D eigenvalue weighted by Crippen LogP contribution is -2.24. The lowest BCUT2D eigenvalue weighted by atomic mass is 9.83. The van der Waals surface area contributed by atoms with E-state index in [0.29, 0.717) is 12.5 Å². The number of nitrogens with one attached hydrogen (secondary N) is 1. The maximum Gasteiger partial charge on any atom is 0.299 e. The second-order valence-electron chi connectivity index (χ2n) is 5.90. The van der Waals surface area contributed by atoms with Crippen LogP contribution in [0.15, 0.2) is 18.2 Å². The third kappa shape index (κ3) is 4.62. The lowest BCUT2D eigenvalue weighted by Gasteiger charge is -2.27. The summed E-state index contributed by atoms with van der Waals surface area (Å²) in [5, 5.41) is 34.6. The second kappa shape index (κ2) is 7.87. The highest BCUT2D eigenvalue weighted by molar-refractivity contribution is 5.65. The van der Waals surface area contributed by atoms with Crippen molar-refractivity contribution in [3.8, 4) is 0 Å². The van der Waals surface area contributed by atoms with Gasteiger partial charge in [-0.15, -0.1) is 0 Å². The van der Waals surface area contributed by atoms with Gasteiger partial charge in [-0.1, -0.05) is 12.8 Å². The molecule has 2 unspecified atom stereocenters. The van der Waals surface area contributed by atoms with Crippen molar-refractivity contribution in [2.24, 2.45) is 5.92 Å². The zero-order chi connectivity index (χ0) is 16.8. The Hall–Kier alpha value is -2.22. The quantitative estimate of drug-likeness (QED) is 0.451. The van der Waals surface area contributed by atoms with Gasteiger partial charge in [-0.25, -0.2) is 0 Å². The first-order valence-electron chi connectivity index (χ1n) is 7.84. The second-order valence-corrected chi connectivity index (χ2v) is 5.90. The Morgan fingerprint density at radius 3 is 2.57 bits per heavy atom. The fraction of sp³-hybridized carbons (Fsp3) is 0.600. The average Bonchev–Trinajstić information content (AvgIpc) is 2.52. The number of non-ortho nitro benzene ring substituents is 1. The molecule has 1 fully saturated rings. The van der Waals surface area contributed by atoms with E-state index in [9.17, 15) is 25.3 Å². The molecule has 0 amide bonds. The van der Waals surface area contributed by atoms with Gasteiger partial charge in [-0.05, 0) is 37.7 Å². The highest BCUT2D eigenvalue weighted by Gasteiger charge is 2.23. The molecule has 1 aliphatic carbocycles. The van der Waals surface area contributed by atoms with Crippen molar-refractivity contribution in [2.45, 2.75) is 44.6 Å². The first-order valence-corrected chi connectivity index (χ1v) is 7.84. The number of aliphatic hydroxyl groups is 1. The average molecular weight is 323 g/mol.